The summed E-state index contributed by atoms with van der Waals surface area (Å²) in [6.07, 6.45) is 3.11. The number of hydrogen-bond donors (Lipinski definition) is 3. The Morgan fingerprint density at radius 2 is 2.15 bits per heavy atom. The molecule has 0 saturated heterocycles. The van der Waals surface area contributed by atoms with Crippen molar-refractivity contribution in [2.24, 2.45) is 0 Å². The average Bonchev–Trinajstić information content (AvgIpc) is 2.86. The maximum atomic E-state index is 13.6. The van der Waals surface area contributed by atoms with Gasteiger partial charge in [0.05, 0.1) is 10.9 Å². The number of nitrogens with zero attached hydrogens (tertiary/aromatic N) is 1. The minimum Gasteiger partial charge on any atom is -0.399 e. The van der Waals surface area contributed by atoms with E-state index >= 15 is 0 Å². The Labute approximate surface area is 116 Å². The molecule has 1 heterocycles. The molecule has 1 unspecified atom stereocenters. The number of imidazole rings is 1. The molecule has 0 spiro atoms. The van der Waals surface area contributed by atoms with E-state index in [0.717, 1.165) is 6.07 Å². The van der Waals surface area contributed by atoms with Crippen molar-refractivity contribution < 1.29 is 12.8 Å². The van der Waals surface area contributed by atoms with Crippen LogP contribution in [0.25, 0.3) is 0 Å². The van der Waals surface area contributed by atoms with E-state index in [1.807, 2.05) is 0 Å². The van der Waals surface area contributed by atoms with Gasteiger partial charge in [0.2, 0.25) is 10.0 Å². The molecule has 8 heteroatoms. The predicted octanol–water partition coefficient (Wildman–Crippen LogP) is 1.48. The zero-order chi connectivity index (χ0) is 14.9. The molecule has 0 fully saturated rings. The molecule has 0 radical (unpaired) electrons. The van der Waals surface area contributed by atoms with Crippen molar-refractivity contribution in [1.82, 2.24) is 14.7 Å². The summed E-state index contributed by atoms with van der Waals surface area (Å²) in [5.74, 6) is -0.188. The van der Waals surface area contributed by atoms with E-state index in [1.165, 1.54) is 19.2 Å². The maximum Gasteiger partial charge on any atom is 0.241 e. The van der Waals surface area contributed by atoms with Crippen LogP contribution in [-0.2, 0) is 10.0 Å². The molecule has 0 bridgehead atoms. The molecule has 0 amide bonds. The number of aromatic nitrogens is 2. The maximum absolute atomic E-state index is 13.6. The van der Waals surface area contributed by atoms with Crippen LogP contribution in [0, 0.1) is 12.7 Å². The molecule has 108 valence electrons. The van der Waals surface area contributed by atoms with Crippen LogP contribution in [0.15, 0.2) is 29.4 Å². The normalized spacial score (nSPS) is 13.3. The Hall–Kier alpha value is -1.93. The minimum atomic E-state index is -3.89. The lowest BCUT2D eigenvalue weighted by Gasteiger charge is -2.14. The second-order valence-electron chi connectivity index (χ2n) is 4.44. The number of aromatic amines is 1. The SMILES string of the molecule is Cc1c(F)cc(N)cc1S(=O)(=O)NC(C)c1ncc[nH]1. The van der Waals surface area contributed by atoms with E-state index in [0.29, 0.717) is 5.82 Å². The van der Waals surface area contributed by atoms with E-state index in [4.69, 9.17) is 5.73 Å². The topological polar surface area (TPSA) is 101 Å². The van der Waals surface area contributed by atoms with Crippen molar-refractivity contribution in [1.29, 1.82) is 0 Å². The third-order valence-corrected chi connectivity index (χ3v) is 4.54. The molecule has 1 atom stereocenters. The molecule has 0 aliphatic heterocycles. The molecule has 0 saturated carbocycles. The lowest BCUT2D eigenvalue weighted by atomic mass is 10.2. The number of nitrogens with one attached hydrogen (secondary N) is 2. The van der Waals surface area contributed by atoms with Crippen molar-refractivity contribution in [3.63, 3.8) is 0 Å². The number of nitrogens with two attached hydrogens (primary N) is 1. The van der Waals surface area contributed by atoms with Crippen LogP contribution in [0.2, 0.25) is 0 Å². The van der Waals surface area contributed by atoms with Gasteiger partial charge in [0.25, 0.3) is 0 Å². The molecule has 4 N–H and O–H groups in total. The van der Waals surface area contributed by atoms with Crippen LogP contribution in [0.1, 0.15) is 24.4 Å². The fourth-order valence-electron chi connectivity index (χ4n) is 1.82. The summed E-state index contributed by atoms with van der Waals surface area (Å²) in [6, 6.07) is 1.75. The number of sulfonamides is 1. The largest absolute Gasteiger partial charge is 0.399 e. The highest BCUT2D eigenvalue weighted by Gasteiger charge is 2.23. The molecule has 20 heavy (non-hydrogen) atoms. The summed E-state index contributed by atoms with van der Waals surface area (Å²) in [7, 11) is -3.89. The zero-order valence-corrected chi connectivity index (χ0v) is 11.8. The molecule has 1 aromatic heterocycles. The molecule has 0 aliphatic rings. The Bertz CT molecular complexity index is 713. The zero-order valence-electron chi connectivity index (χ0n) is 11.0. The van der Waals surface area contributed by atoms with Crippen LogP contribution in [0.5, 0.6) is 0 Å². The monoisotopic (exact) mass is 298 g/mol. The fourth-order valence-corrected chi connectivity index (χ4v) is 3.31. The second kappa shape index (κ2) is 5.22. The first kappa shape index (κ1) is 14.5. The van der Waals surface area contributed by atoms with Gasteiger partial charge in [0, 0.05) is 23.6 Å². The van der Waals surface area contributed by atoms with Crippen LogP contribution >= 0.6 is 0 Å². The van der Waals surface area contributed by atoms with Crippen molar-refractivity contribution in [2.45, 2.75) is 24.8 Å². The first-order chi connectivity index (χ1) is 9.31. The average molecular weight is 298 g/mol. The molecule has 6 nitrogen and oxygen atoms in total. The van der Waals surface area contributed by atoms with Gasteiger partial charge in [-0.15, -0.1) is 0 Å². The first-order valence-corrected chi connectivity index (χ1v) is 7.37. The number of H-pyrrole nitrogens is 1. The highest BCUT2D eigenvalue weighted by Crippen LogP contribution is 2.23. The third kappa shape index (κ3) is 2.81. The molecule has 1 aromatic carbocycles. The highest BCUT2D eigenvalue weighted by molar-refractivity contribution is 7.89. The molecule has 2 aromatic rings. The standard InChI is InChI=1S/C12H15FN4O2S/c1-7-10(13)5-9(14)6-11(7)20(18,19)17-8(2)12-15-3-4-16-12/h3-6,8,17H,14H2,1-2H3,(H,15,16). The number of nitrogen functional groups attached to an aromatic ring is 1. The van der Waals surface area contributed by atoms with Crippen LogP contribution in [-0.4, -0.2) is 18.4 Å². The van der Waals surface area contributed by atoms with Crippen molar-refractivity contribution in [3.05, 3.63) is 41.7 Å². The molecular formula is C12H15FN4O2S. The summed E-state index contributed by atoms with van der Waals surface area (Å²) < 4.78 is 40.6. The van der Waals surface area contributed by atoms with Gasteiger partial charge in [-0.2, -0.15) is 0 Å². The van der Waals surface area contributed by atoms with E-state index in [-0.39, 0.29) is 16.1 Å². The van der Waals surface area contributed by atoms with E-state index in [1.54, 1.807) is 13.1 Å². The lowest BCUT2D eigenvalue weighted by Crippen LogP contribution is -2.28. The van der Waals surface area contributed by atoms with Crippen molar-refractivity contribution in [3.8, 4) is 0 Å². The Morgan fingerprint density at radius 3 is 2.75 bits per heavy atom. The van der Waals surface area contributed by atoms with Gasteiger partial charge in [-0.05, 0) is 26.0 Å². The van der Waals surface area contributed by atoms with Crippen LogP contribution in [0.4, 0.5) is 10.1 Å². The highest BCUT2D eigenvalue weighted by atomic mass is 32.2. The van der Waals surface area contributed by atoms with Gasteiger partial charge in [-0.1, -0.05) is 0 Å². The predicted molar refractivity (Wildman–Crippen MR) is 72.9 cm³/mol. The third-order valence-electron chi connectivity index (χ3n) is 2.87. The van der Waals surface area contributed by atoms with Gasteiger partial charge in [0.1, 0.15) is 11.6 Å². The second-order valence-corrected chi connectivity index (χ2v) is 6.13. The number of anilines is 1. The van der Waals surface area contributed by atoms with Crippen molar-refractivity contribution in [2.75, 3.05) is 5.73 Å². The summed E-state index contributed by atoms with van der Waals surface area (Å²) in [6.45, 7) is 3.02. The van der Waals surface area contributed by atoms with Crippen molar-refractivity contribution >= 4 is 15.7 Å². The van der Waals surface area contributed by atoms with Gasteiger partial charge in [-0.3, -0.25) is 0 Å². The summed E-state index contributed by atoms with van der Waals surface area (Å²) >= 11 is 0. The number of benzene rings is 1. The molecule has 0 aliphatic carbocycles. The van der Waals surface area contributed by atoms with Gasteiger partial charge >= 0.3 is 0 Å². The van der Waals surface area contributed by atoms with Crippen LogP contribution < -0.4 is 10.5 Å². The van der Waals surface area contributed by atoms with Crippen LogP contribution in [0.3, 0.4) is 0 Å². The number of rotatable bonds is 4. The van der Waals surface area contributed by atoms with Gasteiger partial charge in [0.15, 0.2) is 0 Å². The smallest absolute Gasteiger partial charge is 0.241 e. The first-order valence-electron chi connectivity index (χ1n) is 5.88. The Balaban J connectivity index is 2.36. The number of hydrogen-bond acceptors (Lipinski definition) is 4. The van der Waals surface area contributed by atoms with E-state index in [9.17, 15) is 12.8 Å². The molecule has 2 rings (SSSR count). The minimum absolute atomic E-state index is 0.0262. The summed E-state index contributed by atoms with van der Waals surface area (Å²) in [4.78, 5) is 6.61. The van der Waals surface area contributed by atoms with E-state index < -0.39 is 21.9 Å². The fraction of sp³-hybridized carbons (Fsp3) is 0.250. The number of halogens is 1. The Morgan fingerprint density at radius 1 is 1.45 bits per heavy atom. The van der Waals surface area contributed by atoms with Gasteiger partial charge < -0.3 is 10.7 Å². The lowest BCUT2D eigenvalue weighted by molar-refractivity contribution is 0.556. The Kier molecular flexibility index (Phi) is 3.78. The van der Waals surface area contributed by atoms with E-state index in [2.05, 4.69) is 14.7 Å². The molecular weight excluding hydrogens is 283 g/mol. The quantitative estimate of drug-likeness (QED) is 0.744. The summed E-state index contributed by atoms with van der Waals surface area (Å²) in [5.41, 5.74) is 5.58. The van der Waals surface area contributed by atoms with Gasteiger partial charge in [-0.25, -0.2) is 22.5 Å². The summed E-state index contributed by atoms with van der Waals surface area (Å²) in [5, 5.41) is 0.